The van der Waals surface area contributed by atoms with Crippen LogP contribution in [0.25, 0.3) is 0 Å². The molecule has 2 fully saturated rings. The fraction of sp³-hybridized carbons (Fsp3) is 1.00. The van der Waals surface area contributed by atoms with Crippen LogP contribution >= 0.6 is 8.03 Å². The maximum Gasteiger partial charge on any atom is 0.511 e. The lowest BCUT2D eigenvalue weighted by Gasteiger charge is -2.35. The highest BCUT2D eigenvalue weighted by Gasteiger charge is 2.47. The van der Waals surface area contributed by atoms with Gasteiger partial charge in [0.05, 0.1) is 0 Å². The van der Waals surface area contributed by atoms with Crippen molar-refractivity contribution in [1.82, 2.24) is 0 Å². The molecule has 3 heteroatoms. The van der Waals surface area contributed by atoms with Crippen LogP contribution < -0.4 is 0 Å². The number of hydrogen-bond donors (Lipinski definition) is 0. The zero-order chi connectivity index (χ0) is 17.1. The second-order valence-corrected chi connectivity index (χ2v) is 10.6. The third-order valence-corrected chi connectivity index (χ3v) is 8.07. The molecule has 2 saturated carbocycles. The van der Waals surface area contributed by atoms with Gasteiger partial charge in [-0.1, -0.05) is 54.4 Å². The van der Waals surface area contributed by atoms with E-state index in [0.717, 1.165) is 12.8 Å². The van der Waals surface area contributed by atoms with Crippen molar-refractivity contribution in [1.29, 1.82) is 0 Å². The molecule has 0 radical (unpaired) electrons. The molecule has 0 amide bonds. The van der Waals surface area contributed by atoms with Crippen molar-refractivity contribution >= 4 is 8.03 Å². The highest BCUT2D eigenvalue weighted by molar-refractivity contribution is 7.40. The van der Waals surface area contributed by atoms with E-state index in [-0.39, 0.29) is 11.8 Å². The minimum atomic E-state index is -1.54. The van der Waals surface area contributed by atoms with Crippen LogP contribution in [0.2, 0.25) is 0 Å². The molecule has 7 unspecified atom stereocenters. The van der Waals surface area contributed by atoms with Gasteiger partial charge in [0.25, 0.3) is 0 Å². The zero-order valence-corrected chi connectivity index (χ0v) is 17.0. The summed E-state index contributed by atoms with van der Waals surface area (Å²) in [5.74, 6) is 3.81. The summed E-state index contributed by atoms with van der Waals surface area (Å²) < 4.78 is 19.4. The van der Waals surface area contributed by atoms with Crippen molar-refractivity contribution in [2.45, 2.75) is 91.8 Å². The molecule has 0 aromatic carbocycles. The van der Waals surface area contributed by atoms with Crippen LogP contribution in [0.15, 0.2) is 0 Å². The summed E-state index contributed by atoms with van der Waals surface area (Å²) in [6, 6.07) is 0. The van der Waals surface area contributed by atoms with E-state index in [1.165, 1.54) is 25.7 Å². The summed E-state index contributed by atoms with van der Waals surface area (Å²) in [5, 5.41) is 0. The Morgan fingerprint density at radius 2 is 1.35 bits per heavy atom. The average molecular weight is 341 g/mol. The van der Waals surface area contributed by atoms with Crippen LogP contribution in [0.3, 0.4) is 0 Å². The van der Waals surface area contributed by atoms with Gasteiger partial charge in [0.15, 0.2) is 5.66 Å². The molecule has 0 aromatic rings. The molecular formula is C20H38O2P+. The molecule has 2 rings (SSSR count). The quantitative estimate of drug-likeness (QED) is 0.522. The highest BCUT2D eigenvalue weighted by Crippen LogP contribution is 2.50. The fourth-order valence-electron chi connectivity index (χ4n) is 4.84. The van der Waals surface area contributed by atoms with Gasteiger partial charge in [-0.15, -0.1) is 4.52 Å². The van der Waals surface area contributed by atoms with Crippen molar-refractivity contribution in [2.75, 3.05) is 0 Å². The smallest absolute Gasteiger partial charge is 0.142 e. The highest BCUT2D eigenvalue weighted by atomic mass is 31.1. The fourth-order valence-corrected chi connectivity index (χ4v) is 6.85. The predicted octanol–water partition coefficient (Wildman–Crippen LogP) is 6.67. The Labute approximate surface area is 145 Å². The molecule has 0 N–H and O–H groups in total. The summed E-state index contributed by atoms with van der Waals surface area (Å²) >= 11 is 0. The van der Waals surface area contributed by atoms with Gasteiger partial charge in [0.2, 0.25) is 0 Å². The van der Waals surface area contributed by atoms with Crippen molar-refractivity contribution in [3.8, 4) is 0 Å². The number of hydrogen-bond acceptors (Lipinski definition) is 2. The van der Waals surface area contributed by atoms with E-state index in [9.17, 15) is 4.57 Å². The average Bonchev–Trinajstić information content (AvgIpc) is 2.46. The first-order chi connectivity index (χ1) is 10.8. The molecule has 23 heavy (non-hydrogen) atoms. The van der Waals surface area contributed by atoms with Crippen LogP contribution in [0.5, 0.6) is 0 Å². The Morgan fingerprint density at radius 3 is 1.91 bits per heavy atom. The largest absolute Gasteiger partial charge is 0.511 e. The minimum Gasteiger partial charge on any atom is -0.142 e. The lowest BCUT2D eigenvalue weighted by atomic mass is 9.75. The van der Waals surface area contributed by atoms with Crippen molar-refractivity contribution in [3.63, 3.8) is 0 Å². The molecule has 2 nitrogen and oxygen atoms in total. The first kappa shape index (κ1) is 19.4. The Kier molecular flexibility index (Phi) is 7.11. The normalized spacial score (nSPS) is 39.7. The molecule has 0 aliphatic heterocycles. The van der Waals surface area contributed by atoms with E-state index in [4.69, 9.17) is 4.52 Å². The maximum absolute atomic E-state index is 13.1. The summed E-state index contributed by atoms with van der Waals surface area (Å²) in [4.78, 5) is 0. The van der Waals surface area contributed by atoms with Crippen molar-refractivity contribution in [3.05, 3.63) is 0 Å². The van der Waals surface area contributed by atoms with Gasteiger partial charge in [-0.25, -0.2) is 0 Å². The second-order valence-electron chi connectivity index (χ2n) is 9.15. The molecule has 0 saturated heterocycles. The van der Waals surface area contributed by atoms with Crippen LogP contribution in [-0.4, -0.2) is 11.8 Å². The zero-order valence-electron chi connectivity index (χ0n) is 16.1. The van der Waals surface area contributed by atoms with E-state index in [1.807, 2.05) is 0 Å². The van der Waals surface area contributed by atoms with Crippen molar-refractivity contribution in [2.24, 2.45) is 35.5 Å². The second kappa shape index (κ2) is 8.43. The van der Waals surface area contributed by atoms with E-state index >= 15 is 0 Å². The Bertz CT molecular complexity index is 393. The van der Waals surface area contributed by atoms with Crippen LogP contribution in [0.4, 0.5) is 0 Å². The summed E-state index contributed by atoms with van der Waals surface area (Å²) in [6.45, 7) is 13.8. The van der Waals surface area contributed by atoms with Gasteiger partial charge >= 0.3 is 8.03 Å². The lowest BCUT2D eigenvalue weighted by Crippen LogP contribution is -2.35. The van der Waals surface area contributed by atoms with Gasteiger partial charge in [-0.05, 0) is 59.8 Å². The van der Waals surface area contributed by atoms with Gasteiger partial charge in [-0.3, -0.25) is 0 Å². The van der Waals surface area contributed by atoms with Crippen molar-refractivity contribution < 1.29 is 9.09 Å². The van der Waals surface area contributed by atoms with Gasteiger partial charge in [-0.2, -0.15) is 0 Å². The molecular weight excluding hydrogens is 303 g/mol. The topological polar surface area (TPSA) is 26.3 Å². The van der Waals surface area contributed by atoms with Gasteiger partial charge in [0, 0.05) is 5.92 Å². The van der Waals surface area contributed by atoms with Gasteiger partial charge < -0.3 is 0 Å². The third kappa shape index (κ3) is 5.02. The predicted molar refractivity (Wildman–Crippen MR) is 99.0 cm³/mol. The molecule has 134 valence electrons. The van der Waals surface area contributed by atoms with Crippen LogP contribution in [-0.2, 0) is 9.09 Å². The monoisotopic (exact) mass is 341 g/mol. The van der Waals surface area contributed by atoms with E-state index in [2.05, 4.69) is 41.5 Å². The maximum atomic E-state index is 13.1. The third-order valence-electron chi connectivity index (χ3n) is 6.46. The molecule has 0 bridgehead atoms. The summed E-state index contributed by atoms with van der Waals surface area (Å²) in [7, 11) is -1.54. The molecule has 0 heterocycles. The standard InChI is InChI=1S/C20H38O2P/c1-13(2)17-9-7-15(5)11-19(17)22-23(21)20-12-16(6)8-10-18(20)14(3)4/h13-20H,7-12H2,1-6H3/q+1. The van der Waals surface area contributed by atoms with Crippen LogP contribution in [0.1, 0.15) is 80.1 Å². The van der Waals surface area contributed by atoms with E-state index in [1.54, 1.807) is 0 Å². The number of rotatable bonds is 5. The Hall–Kier alpha value is 0.0600. The molecule has 0 spiro atoms. The summed E-state index contributed by atoms with van der Waals surface area (Å²) in [5.41, 5.74) is 0.277. The molecule has 2 aliphatic carbocycles. The molecule has 7 atom stereocenters. The Balaban J connectivity index is 2.05. The SMILES string of the molecule is CC1CCC(C(C)C)C(O[P+](=O)C2CC(C)CCC2C(C)C)C1. The lowest BCUT2D eigenvalue weighted by molar-refractivity contribution is 0.0486. The first-order valence-electron chi connectivity index (χ1n) is 9.92. The van der Waals surface area contributed by atoms with E-state index in [0.29, 0.717) is 35.5 Å². The van der Waals surface area contributed by atoms with Crippen LogP contribution in [0, 0.1) is 35.5 Å². The first-order valence-corrected chi connectivity index (χ1v) is 11.2. The molecule has 0 aromatic heterocycles. The van der Waals surface area contributed by atoms with Gasteiger partial charge in [0.1, 0.15) is 6.10 Å². The Morgan fingerprint density at radius 1 is 0.826 bits per heavy atom. The minimum absolute atomic E-state index is 0.215. The molecule has 2 aliphatic rings. The van der Waals surface area contributed by atoms with E-state index < -0.39 is 8.03 Å². The summed E-state index contributed by atoms with van der Waals surface area (Å²) in [6.07, 6.45) is 7.45.